The van der Waals surface area contributed by atoms with E-state index >= 15 is 0 Å². The average Bonchev–Trinajstić information content (AvgIpc) is 2.40. The number of rotatable bonds is 3. The zero-order valence-electron chi connectivity index (χ0n) is 9.76. The number of carbonyl (C=O) groups excluding carboxylic acids is 1. The van der Waals surface area contributed by atoms with Crippen LogP contribution in [0.4, 0.5) is 0 Å². The summed E-state index contributed by atoms with van der Waals surface area (Å²) in [7, 11) is 0. The van der Waals surface area contributed by atoms with Gasteiger partial charge in [-0.25, -0.2) is 0 Å². The molecule has 1 amide bonds. The molecule has 86 valence electrons. The van der Waals surface area contributed by atoms with Crippen LogP contribution in [0.3, 0.4) is 0 Å². The van der Waals surface area contributed by atoms with Crippen LogP contribution in [0.25, 0.3) is 0 Å². The molecule has 0 aliphatic heterocycles. The fourth-order valence-electron chi connectivity index (χ4n) is 1.69. The molecule has 0 saturated carbocycles. The van der Waals surface area contributed by atoms with Crippen molar-refractivity contribution in [2.24, 2.45) is 0 Å². The van der Waals surface area contributed by atoms with Gasteiger partial charge >= 0.3 is 0 Å². The normalized spacial score (nSPS) is 11.8. The van der Waals surface area contributed by atoms with Crippen LogP contribution in [-0.2, 0) is 0 Å². The van der Waals surface area contributed by atoms with E-state index in [-0.39, 0.29) is 11.9 Å². The first-order chi connectivity index (χ1) is 8.27. The van der Waals surface area contributed by atoms with Gasteiger partial charge < -0.3 is 5.32 Å². The minimum atomic E-state index is -0.0399. The molecule has 2 rings (SSSR count). The molecule has 1 atom stereocenters. The summed E-state index contributed by atoms with van der Waals surface area (Å²) in [5.74, 6) is -0.0399. The smallest absolute Gasteiger partial charge is 0.251 e. The molecule has 2 heteroatoms. The molecule has 0 heterocycles. The molecule has 0 radical (unpaired) electrons. The van der Waals surface area contributed by atoms with E-state index in [2.05, 4.69) is 5.32 Å². The molecular weight excluding hydrogens is 210 g/mol. The molecule has 2 nitrogen and oxygen atoms in total. The Kier molecular flexibility index (Phi) is 3.55. The Morgan fingerprint density at radius 1 is 0.941 bits per heavy atom. The fourth-order valence-corrected chi connectivity index (χ4v) is 1.69. The van der Waals surface area contributed by atoms with Crippen LogP contribution in [0, 0.1) is 0 Å². The van der Waals surface area contributed by atoms with Gasteiger partial charge in [0, 0.05) is 5.56 Å². The van der Waals surface area contributed by atoms with E-state index in [9.17, 15) is 4.79 Å². The predicted octanol–water partition coefficient (Wildman–Crippen LogP) is 3.18. The molecular formula is C15H15NO. The predicted molar refractivity (Wildman–Crippen MR) is 68.8 cm³/mol. The zero-order valence-corrected chi connectivity index (χ0v) is 9.76. The maximum Gasteiger partial charge on any atom is 0.251 e. The largest absolute Gasteiger partial charge is 0.346 e. The number of nitrogens with one attached hydrogen (secondary N) is 1. The van der Waals surface area contributed by atoms with Crippen LogP contribution in [0.5, 0.6) is 0 Å². The molecule has 0 aliphatic rings. The molecule has 2 aromatic carbocycles. The van der Waals surface area contributed by atoms with E-state index in [0.717, 1.165) is 5.56 Å². The maximum atomic E-state index is 11.9. The fraction of sp³-hybridized carbons (Fsp3) is 0.133. The van der Waals surface area contributed by atoms with Crippen molar-refractivity contribution in [3.05, 3.63) is 71.8 Å². The lowest BCUT2D eigenvalue weighted by molar-refractivity contribution is 0.0940. The third-order valence-corrected chi connectivity index (χ3v) is 2.68. The van der Waals surface area contributed by atoms with Crippen molar-refractivity contribution in [2.45, 2.75) is 13.0 Å². The Morgan fingerprint density at radius 2 is 1.47 bits per heavy atom. The monoisotopic (exact) mass is 225 g/mol. The highest BCUT2D eigenvalue weighted by Gasteiger charge is 2.10. The van der Waals surface area contributed by atoms with E-state index in [0.29, 0.717) is 5.56 Å². The third-order valence-electron chi connectivity index (χ3n) is 2.68. The SMILES string of the molecule is CC(NC(=O)c1ccccc1)c1ccccc1. The van der Waals surface area contributed by atoms with Crippen LogP contribution in [0.1, 0.15) is 28.9 Å². The number of hydrogen-bond acceptors (Lipinski definition) is 1. The molecule has 0 fully saturated rings. The van der Waals surface area contributed by atoms with E-state index in [1.807, 2.05) is 67.6 Å². The van der Waals surface area contributed by atoms with Crippen LogP contribution in [0.2, 0.25) is 0 Å². The Labute approximate surface area is 101 Å². The molecule has 0 aromatic heterocycles. The summed E-state index contributed by atoms with van der Waals surface area (Å²) in [6.45, 7) is 1.98. The molecule has 0 aliphatic carbocycles. The van der Waals surface area contributed by atoms with Crippen molar-refractivity contribution in [3.63, 3.8) is 0 Å². The molecule has 0 spiro atoms. The summed E-state index contributed by atoms with van der Waals surface area (Å²) in [4.78, 5) is 11.9. The second-order valence-electron chi connectivity index (χ2n) is 3.97. The molecule has 17 heavy (non-hydrogen) atoms. The first kappa shape index (κ1) is 11.4. The maximum absolute atomic E-state index is 11.9. The van der Waals surface area contributed by atoms with E-state index in [1.165, 1.54) is 0 Å². The summed E-state index contributed by atoms with van der Waals surface area (Å²) < 4.78 is 0. The highest BCUT2D eigenvalue weighted by molar-refractivity contribution is 5.94. The van der Waals surface area contributed by atoms with Gasteiger partial charge in [0.2, 0.25) is 0 Å². The zero-order chi connectivity index (χ0) is 12.1. The first-order valence-corrected chi connectivity index (χ1v) is 5.68. The number of amides is 1. The molecule has 1 unspecified atom stereocenters. The lowest BCUT2D eigenvalue weighted by Crippen LogP contribution is -2.26. The van der Waals surface area contributed by atoms with Gasteiger partial charge in [0.15, 0.2) is 0 Å². The molecule has 0 bridgehead atoms. The summed E-state index contributed by atoms with van der Waals surface area (Å²) >= 11 is 0. The van der Waals surface area contributed by atoms with Crippen molar-refractivity contribution in [1.82, 2.24) is 5.32 Å². The lowest BCUT2D eigenvalue weighted by atomic mass is 10.1. The van der Waals surface area contributed by atoms with Gasteiger partial charge in [0.1, 0.15) is 0 Å². The second kappa shape index (κ2) is 5.30. The average molecular weight is 225 g/mol. The van der Waals surface area contributed by atoms with E-state index in [1.54, 1.807) is 0 Å². The Hall–Kier alpha value is -2.09. The van der Waals surface area contributed by atoms with Crippen LogP contribution in [0.15, 0.2) is 60.7 Å². The summed E-state index contributed by atoms with van der Waals surface area (Å²) in [6, 6.07) is 19.2. The number of hydrogen-bond donors (Lipinski definition) is 1. The first-order valence-electron chi connectivity index (χ1n) is 5.68. The van der Waals surface area contributed by atoms with Gasteiger partial charge in [0.25, 0.3) is 5.91 Å². The molecule has 0 saturated heterocycles. The van der Waals surface area contributed by atoms with Gasteiger partial charge in [-0.15, -0.1) is 0 Å². The topological polar surface area (TPSA) is 29.1 Å². The Balaban J connectivity index is 2.05. The lowest BCUT2D eigenvalue weighted by Gasteiger charge is -2.14. The summed E-state index contributed by atoms with van der Waals surface area (Å²) in [5, 5.41) is 2.97. The van der Waals surface area contributed by atoms with Gasteiger partial charge in [-0.3, -0.25) is 4.79 Å². The van der Waals surface area contributed by atoms with Crippen molar-refractivity contribution in [1.29, 1.82) is 0 Å². The standard InChI is InChI=1S/C15H15NO/c1-12(13-8-4-2-5-9-13)16-15(17)14-10-6-3-7-11-14/h2-12H,1H3,(H,16,17). The van der Waals surface area contributed by atoms with Gasteiger partial charge in [-0.2, -0.15) is 0 Å². The van der Waals surface area contributed by atoms with Crippen molar-refractivity contribution in [2.75, 3.05) is 0 Å². The third kappa shape index (κ3) is 2.94. The van der Waals surface area contributed by atoms with Crippen LogP contribution < -0.4 is 5.32 Å². The van der Waals surface area contributed by atoms with Gasteiger partial charge in [-0.1, -0.05) is 48.5 Å². The van der Waals surface area contributed by atoms with E-state index < -0.39 is 0 Å². The van der Waals surface area contributed by atoms with Gasteiger partial charge in [-0.05, 0) is 24.6 Å². The van der Waals surface area contributed by atoms with Crippen molar-refractivity contribution < 1.29 is 4.79 Å². The quantitative estimate of drug-likeness (QED) is 0.854. The Morgan fingerprint density at radius 3 is 2.06 bits per heavy atom. The van der Waals surface area contributed by atoms with Crippen molar-refractivity contribution in [3.8, 4) is 0 Å². The summed E-state index contributed by atoms with van der Waals surface area (Å²) in [6.07, 6.45) is 0. The number of carbonyl (C=O) groups is 1. The minimum absolute atomic E-state index is 0.0175. The van der Waals surface area contributed by atoms with Gasteiger partial charge in [0.05, 0.1) is 6.04 Å². The Bertz CT molecular complexity index is 479. The highest BCUT2D eigenvalue weighted by Crippen LogP contribution is 2.12. The highest BCUT2D eigenvalue weighted by atomic mass is 16.1. The second-order valence-corrected chi connectivity index (χ2v) is 3.97. The number of benzene rings is 2. The molecule has 1 N–H and O–H groups in total. The van der Waals surface area contributed by atoms with E-state index in [4.69, 9.17) is 0 Å². The van der Waals surface area contributed by atoms with Crippen molar-refractivity contribution >= 4 is 5.91 Å². The van der Waals surface area contributed by atoms with Crippen LogP contribution in [-0.4, -0.2) is 5.91 Å². The molecule has 2 aromatic rings. The minimum Gasteiger partial charge on any atom is -0.346 e. The summed E-state index contributed by atoms with van der Waals surface area (Å²) in [5.41, 5.74) is 1.80. The van der Waals surface area contributed by atoms with Crippen LogP contribution >= 0.6 is 0 Å².